The molecule has 0 fully saturated rings. The normalized spacial score (nSPS) is 13.8. The number of primary amides is 1. The molecule has 1 unspecified atom stereocenters. The number of nitrogens with one attached hydrogen (secondary N) is 2. The van der Waals surface area contributed by atoms with E-state index in [-0.39, 0.29) is 4.90 Å². The molecule has 0 saturated carbocycles. The number of rotatable bonds is 7. The summed E-state index contributed by atoms with van der Waals surface area (Å²) in [6, 6.07) is 5.22. The fraction of sp³-hybridized carbons (Fsp3) is 0.400. The van der Waals surface area contributed by atoms with E-state index in [1.807, 2.05) is 0 Å². The molecule has 1 aromatic rings. The van der Waals surface area contributed by atoms with E-state index in [1.54, 1.807) is 37.4 Å². The highest BCUT2D eigenvalue weighted by Gasteiger charge is 2.31. The van der Waals surface area contributed by atoms with Gasteiger partial charge in [-0.2, -0.15) is 4.72 Å². The number of carbonyl (C=O) groups excluding carboxylic acids is 3. The SMILES string of the molecule is CC(OC(=O)[C@H](NS(=O)(=O)c1ccccc1)C(C)C)C(=O)NC(N)=O. The minimum Gasteiger partial charge on any atom is -0.451 e. The average molecular weight is 371 g/mol. The van der Waals surface area contributed by atoms with Crippen molar-refractivity contribution in [3.8, 4) is 0 Å². The lowest BCUT2D eigenvalue weighted by Gasteiger charge is -2.22. The van der Waals surface area contributed by atoms with Gasteiger partial charge in [0.1, 0.15) is 6.04 Å². The molecule has 0 bridgehead atoms. The summed E-state index contributed by atoms with van der Waals surface area (Å²) in [7, 11) is -3.95. The zero-order valence-corrected chi connectivity index (χ0v) is 14.9. The van der Waals surface area contributed by atoms with E-state index in [0.29, 0.717) is 0 Å². The molecule has 2 atom stereocenters. The van der Waals surface area contributed by atoms with E-state index in [2.05, 4.69) is 4.72 Å². The molecule has 0 saturated heterocycles. The van der Waals surface area contributed by atoms with Crippen LogP contribution in [0.4, 0.5) is 4.79 Å². The number of nitrogens with two attached hydrogens (primary N) is 1. The second-order valence-electron chi connectivity index (χ2n) is 5.59. The van der Waals surface area contributed by atoms with Crippen LogP contribution in [0.25, 0.3) is 0 Å². The lowest BCUT2D eigenvalue weighted by Crippen LogP contribution is -2.48. The molecule has 25 heavy (non-hydrogen) atoms. The number of urea groups is 1. The molecule has 10 heteroatoms. The summed E-state index contributed by atoms with van der Waals surface area (Å²) in [5.74, 6) is -2.30. The maximum Gasteiger partial charge on any atom is 0.325 e. The van der Waals surface area contributed by atoms with Crippen LogP contribution in [-0.2, 0) is 24.3 Å². The predicted octanol–water partition coefficient (Wildman–Crippen LogP) is 0.116. The quantitative estimate of drug-likeness (QED) is 0.580. The number of imide groups is 1. The lowest BCUT2D eigenvalue weighted by molar-refractivity contribution is -0.157. The third-order valence-electron chi connectivity index (χ3n) is 3.16. The number of hydrogen-bond donors (Lipinski definition) is 3. The Bertz CT molecular complexity index is 733. The Balaban J connectivity index is 2.88. The van der Waals surface area contributed by atoms with E-state index in [1.165, 1.54) is 19.1 Å². The Morgan fingerprint density at radius 3 is 2.12 bits per heavy atom. The molecule has 3 amide bonds. The minimum absolute atomic E-state index is 0.00651. The Morgan fingerprint density at radius 2 is 1.64 bits per heavy atom. The van der Waals surface area contributed by atoms with Gasteiger partial charge in [0.2, 0.25) is 10.0 Å². The number of hydrogen-bond acceptors (Lipinski definition) is 6. The van der Waals surface area contributed by atoms with Crippen LogP contribution in [0.1, 0.15) is 20.8 Å². The van der Waals surface area contributed by atoms with Crippen LogP contribution in [0.15, 0.2) is 35.2 Å². The first-order chi connectivity index (χ1) is 11.5. The van der Waals surface area contributed by atoms with Gasteiger partial charge >= 0.3 is 12.0 Å². The van der Waals surface area contributed by atoms with Crippen LogP contribution in [0.3, 0.4) is 0 Å². The first-order valence-electron chi connectivity index (χ1n) is 7.42. The molecule has 1 rings (SSSR count). The Morgan fingerprint density at radius 1 is 1.08 bits per heavy atom. The largest absolute Gasteiger partial charge is 0.451 e. The highest BCUT2D eigenvalue weighted by atomic mass is 32.2. The summed E-state index contributed by atoms with van der Waals surface area (Å²) in [6.45, 7) is 4.47. The summed E-state index contributed by atoms with van der Waals surface area (Å²) < 4.78 is 31.9. The van der Waals surface area contributed by atoms with Gasteiger partial charge in [0.15, 0.2) is 6.10 Å². The van der Waals surface area contributed by atoms with Crippen LogP contribution in [-0.4, -0.2) is 38.5 Å². The van der Waals surface area contributed by atoms with Crippen molar-refractivity contribution >= 4 is 27.9 Å². The van der Waals surface area contributed by atoms with E-state index in [4.69, 9.17) is 10.5 Å². The maximum absolute atomic E-state index is 12.4. The molecule has 0 aliphatic carbocycles. The van der Waals surface area contributed by atoms with Gasteiger partial charge in [0.25, 0.3) is 5.91 Å². The summed E-state index contributed by atoms with van der Waals surface area (Å²) in [5.41, 5.74) is 4.81. The van der Waals surface area contributed by atoms with Gasteiger partial charge < -0.3 is 10.5 Å². The first-order valence-corrected chi connectivity index (χ1v) is 8.91. The molecule has 0 radical (unpaired) electrons. The van der Waals surface area contributed by atoms with Crippen LogP contribution in [0.5, 0.6) is 0 Å². The lowest BCUT2D eigenvalue weighted by atomic mass is 10.1. The van der Waals surface area contributed by atoms with Crippen molar-refractivity contribution < 1.29 is 27.5 Å². The van der Waals surface area contributed by atoms with Crippen molar-refractivity contribution in [1.29, 1.82) is 0 Å². The second kappa shape index (κ2) is 8.58. The third kappa shape index (κ3) is 6.16. The second-order valence-corrected chi connectivity index (χ2v) is 7.30. The smallest absolute Gasteiger partial charge is 0.325 e. The number of ether oxygens (including phenoxy) is 1. The Labute approximate surface area is 146 Å². The Kier molecular flexibility index (Phi) is 7.07. The van der Waals surface area contributed by atoms with Gasteiger partial charge in [-0.05, 0) is 25.0 Å². The zero-order chi connectivity index (χ0) is 19.2. The fourth-order valence-corrected chi connectivity index (χ4v) is 3.17. The summed E-state index contributed by atoms with van der Waals surface area (Å²) >= 11 is 0. The van der Waals surface area contributed by atoms with Gasteiger partial charge in [-0.25, -0.2) is 13.2 Å². The predicted molar refractivity (Wildman–Crippen MR) is 88.7 cm³/mol. The van der Waals surface area contributed by atoms with E-state index in [0.717, 1.165) is 0 Å². The zero-order valence-electron chi connectivity index (χ0n) is 14.1. The number of sulfonamides is 1. The summed E-state index contributed by atoms with van der Waals surface area (Å²) in [4.78, 5) is 34.4. The molecule has 0 heterocycles. The van der Waals surface area contributed by atoms with Crippen molar-refractivity contribution in [2.24, 2.45) is 11.7 Å². The molecule has 0 aliphatic rings. The molecular weight excluding hydrogens is 350 g/mol. The van der Waals surface area contributed by atoms with Gasteiger partial charge in [-0.15, -0.1) is 0 Å². The molecule has 0 aromatic heterocycles. The molecule has 0 aliphatic heterocycles. The molecule has 0 spiro atoms. The van der Waals surface area contributed by atoms with E-state index < -0.39 is 46.0 Å². The summed E-state index contributed by atoms with van der Waals surface area (Å²) in [5, 5.41) is 1.77. The first kappa shape index (κ1) is 20.6. The van der Waals surface area contributed by atoms with Crippen LogP contribution in [0.2, 0.25) is 0 Å². The van der Waals surface area contributed by atoms with Gasteiger partial charge in [-0.1, -0.05) is 32.0 Å². The van der Waals surface area contributed by atoms with Crippen molar-refractivity contribution in [3.05, 3.63) is 30.3 Å². The highest BCUT2D eigenvalue weighted by molar-refractivity contribution is 7.89. The monoisotopic (exact) mass is 371 g/mol. The van der Waals surface area contributed by atoms with Crippen molar-refractivity contribution in [2.45, 2.75) is 37.8 Å². The van der Waals surface area contributed by atoms with Gasteiger partial charge in [0.05, 0.1) is 4.90 Å². The molecule has 1 aromatic carbocycles. The van der Waals surface area contributed by atoms with Crippen LogP contribution >= 0.6 is 0 Å². The molecular formula is C15H21N3O6S. The van der Waals surface area contributed by atoms with Crippen molar-refractivity contribution in [2.75, 3.05) is 0 Å². The molecule has 138 valence electrons. The van der Waals surface area contributed by atoms with Crippen molar-refractivity contribution in [1.82, 2.24) is 10.0 Å². The van der Waals surface area contributed by atoms with Crippen molar-refractivity contribution in [3.63, 3.8) is 0 Å². The molecule has 9 nitrogen and oxygen atoms in total. The van der Waals surface area contributed by atoms with Gasteiger partial charge in [0, 0.05) is 0 Å². The number of amides is 3. The third-order valence-corrected chi connectivity index (χ3v) is 4.62. The average Bonchev–Trinajstić information content (AvgIpc) is 2.52. The topological polar surface area (TPSA) is 145 Å². The van der Waals surface area contributed by atoms with Crippen LogP contribution in [0, 0.1) is 5.92 Å². The maximum atomic E-state index is 12.4. The minimum atomic E-state index is -3.95. The summed E-state index contributed by atoms with van der Waals surface area (Å²) in [6.07, 6.45) is -1.32. The molecule has 4 N–H and O–H groups in total. The standard InChI is InChI=1S/C15H21N3O6S/c1-9(2)12(14(20)24-10(3)13(19)17-15(16)21)18-25(22,23)11-7-5-4-6-8-11/h4-10,12,18H,1-3H3,(H3,16,17,19,21)/t10?,12-/m1/s1. The van der Waals surface area contributed by atoms with E-state index >= 15 is 0 Å². The van der Waals surface area contributed by atoms with Crippen LogP contribution < -0.4 is 15.8 Å². The Hall–Kier alpha value is -2.46. The number of esters is 1. The number of benzene rings is 1. The van der Waals surface area contributed by atoms with Gasteiger partial charge in [-0.3, -0.25) is 14.9 Å². The highest BCUT2D eigenvalue weighted by Crippen LogP contribution is 2.13. The fourth-order valence-electron chi connectivity index (χ4n) is 1.82. The number of carbonyl (C=O) groups is 3. The van der Waals surface area contributed by atoms with E-state index in [9.17, 15) is 22.8 Å².